The maximum absolute atomic E-state index is 13.1. The molecule has 0 bridgehead atoms. The van der Waals surface area contributed by atoms with Crippen molar-refractivity contribution in [2.24, 2.45) is 16.5 Å². The van der Waals surface area contributed by atoms with Crippen LogP contribution >= 0.6 is 23.7 Å². The first-order valence-corrected chi connectivity index (χ1v) is 4.42. The van der Waals surface area contributed by atoms with Gasteiger partial charge in [-0.15, -0.1) is 23.7 Å². The molecule has 1 aromatic heterocycles. The van der Waals surface area contributed by atoms with Crippen LogP contribution in [0.2, 0.25) is 0 Å². The quantitative estimate of drug-likeness (QED) is 0.543. The standard InChI is InChI=1S/C7H8FN3O2S.ClH/c8-5-4(1-3(2-9)14-5)6(10)11-7(12)13;/h1H,2,9H2,(H2,10,11)(H,12,13);1H. The second-order valence-electron chi connectivity index (χ2n) is 2.38. The monoisotopic (exact) mass is 253 g/mol. The second-order valence-corrected chi connectivity index (χ2v) is 3.47. The van der Waals surface area contributed by atoms with Gasteiger partial charge < -0.3 is 16.6 Å². The van der Waals surface area contributed by atoms with Gasteiger partial charge in [-0.05, 0) is 6.07 Å². The zero-order valence-corrected chi connectivity index (χ0v) is 9.07. The zero-order chi connectivity index (χ0) is 10.7. The highest BCUT2D eigenvalue weighted by molar-refractivity contribution is 7.10. The molecule has 0 aliphatic rings. The van der Waals surface area contributed by atoms with Crippen molar-refractivity contribution in [3.8, 4) is 0 Å². The van der Waals surface area contributed by atoms with E-state index in [9.17, 15) is 9.18 Å². The smallest absolute Gasteiger partial charge is 0.433 e. The van der Waals surface area contributed by atoms with E-state index in [0.29, 0.717) is 4.88 Å². The van der Waals surface area contributed by atoms with Crippen molar-refractivity contribution in [3.63, 3.8) is 0 Å². The normalized spacial score (nSPS) is 10.9. The first kappa shape index (κ1) is 13.8. The van der Waals surface area contributed by atoms with Crippen molar-refractivity contribution in [1.82, 2.24) is 0 Å². The average molecular weight is 254 g/mol. The molecule has 84 valence electrons. The Bertz CT molecular complexity index is 394. The number of halogens is 2. The summed E-state index contributed by atoms with van der Waals surface area (Å²) in [6.07, 6.45) is -1.46. The number of hydrogen-bond acceptors (Lipinski definition) is 3. The van der Waals surface area contributed by atoms with Crippen molar-refractivity contribution in [2.75, 3.05) is 0 Å². The maximum Gasteiger partial charge on any atom is 0.433 e. The van der Waals surface area contributed by atoms with Crippen molar-refractivity contribution in [3.05, 3.63) is 21.6 Å². The summed E-state index contributed by atoms with van der Waals surface area (Å²) in [5, 5.41) is 7.71. The van der Waals surface area contributed by atoms with E-state index < -0.39 is 11.2 Å². The van der Waals surface area contributed by atoms with Crippen molar-refractivity contribution in [1.29, 1.82) is 0 Å². The number of amidine groups is 1. The van der Waals surface area contributed by atoms with Gasteiger partial charge in [0, 0.05) is 11.4 Å². The van der Waals surface area contributed by atoms with E-state index in [1.54, 1.807) is 0 Å². The third kappa shape index (κ3) is 3.46. The molecule has 0 saturated heterocycles. The van der Waals surface area contributed by atoms with E-state index in [0.717, 1.165) is 11.3 Å². The highest BCUT2D eigenvalue weighted by Crippen LogP contribution is 2.19. The van der Waals surface area contributed by atoms with Crippen LogP contribution in [0.5, 0.6) is 0 Å². The molecule has 0 radical (unpaired) electrons. The number of nitrogens with zero attached hydrogens (tertiary/aromatic N) is 1. The fraction of sp³-hybridized carbons (Fsp3) is 0.143. The number of aliphatic imine (C=N–C) groups is 1. The average Bonchev–Trinajstić information content (AvgIpc) is 2.45. The van der Waals surface area contributed by atoms with Crippen LogP contribution in [0.3, 0.4) is 0 Å². The van der Waals surface area contributed by atoms with E-state index in [-0.39, 0.29) is 30.4 Å². The molecule has 1 amide bonds. The minimum atomic E-state index is -1.46. The van der Waals surface area contributed by atoms with Gasteiger partial charge in [-0.3, -0.25) is 0 Å². The first-order valence-electron chi connectivity index (χ1n) is 3.60. The Balaban J connectivity index is 0.00000196. The van der Waals surface area contributed by atoms with Gasteiger partial charge in [0.15, 0.2) is 5.13 Å². The lowest BCUT2D eigenvalue weighted by Gasteiger charge is -1.93. The number of thiophene rings is 1. The SMILES string of the molecule is Cl.NCc1cc(C(N)=NC(=O)O)c(F)s1. The summed E-state index contributed by atoms with van der Waals surface area (Å²) in [6.45, 7) is 0.182. The Kier molecular flexibility index (Phi) is 5.20. The Morgan fingerprint density at radius 1 is 1.67 bits per heavy atom. The number of carboxylic acid groups (broad SMARTS) is 1. The summed E-state index contributed by atoms with van der Waals surface area (Å²) in [4.78, 5) is 13.7. The lowest BCUT2D eigenvalue weighted by molar-refractivity contribution is 0.205. The van der Waals surface area contributed by atoms with Gasteiger partial charge in [-0.25, -0.2) is 4.79 Å². The molecule has 15 heavy (non-hydrogen) atoms. The van der Waals surface area contributed by atoms with Crippen molar-refractivity contribution < 1.29 is 14.3 Å². The number of nitrogens with two attached hydrogens (primary N) is 2. The van der Waals surface area contributed by atoms with Crippen LogP contribution in [0.1, 0.15) is 10.4 Å². The summed E-state index contributed by atoms with van der Waals surface area (Å²) >= 11 is 0.824. The fourth-order valence-electron chi connectivity index (χ4n) is 0.856. The summed E-state index contributed by atoms with van der Waals surface area (Å²) in [6, 6.07) is 1.39. The molecular weight excluding hydrogens is 245 g/mol. The zero-order valence-electron chi connectivity index (χ0n) is 7.44. The van der Waals surface area contributed by atoms with Gasteiger partial charge in [0.05, 0.1) is 5.56 Å². The summed E-state index contributed by atoms with van der Waals surface area (Å²) in [7, 11) is 0. The van der Waals surface area contributed by atoms with Crippen LogP contribution in [-0.4, -0.2) is 17.0 Å². The van der Waals surface area contributed by atoms with Gasteiger partial charge in [0.2, 0.25) is 0 Å². The lowest BCUT2D eigenvalue weighted by Crippen LogP contribution is -2.15. The minimum absolute atomic E-state index is 0. The Morgan fingerprint density at radius 2 is 2.27 bits per heavy atom. The van der Waals surface area contributed by atoms with Crippen LogP contribution in [0, 0.1) is 5.13 Å². The summed E-state index contributed by atoms with van der Waals surface area (Å²) < 4.78 is 13.1. The molecule has 0 atom stereocenters. The second kappa shape index (κ2) is 5.64. The maximum atomic E-state index is 13.1. The number of carbonyl (C=O) groups is 1. The first-order chi connectivity index (χ1) is 6.54. The van der Waals surface area contributed by atoms with Gasteiger partial charge in [-0.2, -0.15) is 9.38 Å². The summed E-state index contributed by atoms with van der Waals surface area (Å²) in [5.74, 6) is -0.356. The number of hydrogen-bond donors (Lipinski definition) is 3. The predicted molar refractivity (Wildman–Crippen MR) is 58.2 cm³/mol. The number of rotatable bonds is 2. The summed E-state index contributed by atoms with van der Waals surface area (Å²) in [5.41, 5.74) is 10.5. The fourth-order valence-corrected chi connectivity index (χ4v) is 1.62. The Hall–Kier alpha value is -1.18. The molecule has 0 aliphatic heterocycles. The molecule has 1 heterocycles. The molecule has 1 rings (SSSR count). The lowest BCUT2D eigenvalue weighted by atomic mass is 10.3. The van der Waals surface area contributed by atoms with Crippen LogP contribution < -0.4 is 11.5 Å². The van der Waals surface area contributed by atoms with Crippen molar-refractivity contribution in [2.45, 2.75) is 6.54 Å². The highest BCUT2D eigenvalue weighted by Gasteiger charge is 2.12. The van der Waals surface area contributed by atoms with E-state index in [1.165, 1.54) is 6.07 Å². The third-order valence-corrected chi connectivity index (χ3v) is 2.38. The van der Waals surface area contributed by atoms with Crippen molar-refractivity contribution >= 4 is 35.7 Å². The predicted octanol–water partition coefficient (Wildman–Crippen LogP) is 1.15. The minimum Gasteiger partial charge on any atom is -0.463 e. The molecule has 0 aromatic carbocycles. The largest absolute Gasteiger partial charge is 0.463 e. The molecule has 8 heteroatoms. The molecule has 0 unspecified atom stereocenters. The van der Waals surface area contributed by atoms with Crippen LogP contribution in [0.15, 0.2) is 11.1 Å². The molecule has 0 aliphatic carbocycles. The molecule has 0 spiro atoms. The van der Waals surface area contributed by atoms with Gasteiger partial charge >= 0.3 is 6.09 Å². The van der Waals surface area contributed by atoms with Crippen LogP contribution in [0.25, 0.3) is 0 Å². The topological polar surface area (TPSA) is 102 Å². The molecule has 0 fully saturated rings. The van der Waals surface area contributed by atoms with E-state index in [2.05, 4.69) is 4.99 Å². The molecule has 5 N–H and O–H groups in total. The van der Waals surface area contributed by atoms with E-state index >= 15 is 0 Å². The van der Waals surface area contributed by atoms with E-state index in [1.807, 2.05) is 0 Å². The van der Waals surface area contributed by atoms with Crippen LogP contribution in [0.4, 0.5) is 9.18 Å². The Labute approximate surface area is 95.0 Å². The third-order valence-electron chi connectivity index (χ3n) is 1.43. The van der Waals surface area contributed by atoms with E-state index in [4.69, 9.17) is 16.6 Å². The highest BCUT2D eigenvalue weighted by atomic mass is 35.5. The molecule has 5 nitrogen and oxygen atoms in total. The molecular formula is C7H9ClFN3O2S. The number of amides is 1. The van der Waals surface area contributed by atoms with Gasteiger partial charge in [0.25, 0.3) is 0 Å². The molecule has 0 saturated carbocycles. The Morgan fingerprint density at radius 3 is 2.67 bits per heavy atom. The van der Waals surface area contributed by atoms with Gasteiger partial charge in [0.1, 0.15) is 5.84 Å². The van der Waals surface area contributed by atoms with Gasteiger partial charge in [-0.1, -0.05) is 0 Å². The molecule has 1 aromatic rings. The van der Waals surface area contributed by atoms with Crippen LogP contribution in [-0.2, 0) is 6.54 Å².